The molecule has 0 amide bonds. The first-order chi connectivity index (χ1) is 9.01. The zero-order valence-corrected chi connectivity index (χ0v) is 11.3. The van der Waals surface area contributed by atoms with Crippen molar-refractivity contribution >= 4 is 17.3 Å². The van der Waals surface area contributed by atoms with Crippen LogP contribution in [0.2, 0.25) is 5.02 Å². The maximum absolute atomic E-state index is 13.7. The Morgan fingerprint density at radius 1 is 1.63 bits per heavy atom. The lowest BCUT2D eigenvalue weighted by atomic mass is 10.1. The van der Waals surface area contributed by atoms with Gasteiger partial charge in [0.15, 0.2) is 0 Å². The van der Waals surface area contributed by atoms with Crippen molar-refractivity contribution in [2.24, 2.45) is 10.8 Å². The predicted molar refractivity (Wildman–Crippen MR) is 72.5 cm³/mol. The van der Waals surface area contributed by atoms with E-state index in [-0.39, 0.29) is 16.6 Å². The summed E-state index contributed by atoms with van der Waals surface area (Å²) in [5.74, 6) is -0.613. The predicted octanol–water partition coefficient (Wildman–Crippen LogP) is 2.11. The summed E-state index contributed by atoms with van der Waals surface area (Å²) in [6.45, 7) is 3.33. The molecular weight excluding hydrogens is 267 g/mol. The highest BCUT2D eigenvalue weighted by Crippen LogP contribution is 2.23. The Hall–Kier alpha value is -1.64. The summed E-state index contributed by atoms with van der Waals surface area (Å²) < 4.78 is 13.7. The summed E-state index contributed by atoms with van der Waals surface area (Å²) in [7, 11) is 0. The number of benzene rings is 1. The van der Waals surface area contributed by atoms with Crippen molar-refractivity contribution in [3.8, 4) is 6.07 Å². The number of nitrogens with two attached hydrogens (primary N) is 1. The molecule has 0 aromatic heterocycles. The molecule has 0 radical (unpaired) electrons. The fourth-order valence-corrected chi connectivity index (χ4v) is 2.27. The second kappa shape index (κ2) is 5.55. The van der Waals surface area contributed by atoms with Crippen molar-refractivity contribution in [2.75, 3.05) is 13.1 Å². The standard InChI is InChI=1S/C13H14ClFN4/c1-8(17)7-19-3-2-13(18-19)9-4-11(14)10(6-16)12(15)5-9/h4-5,8H,2-3,7,17H2,1H3. The van der Waals surface area contributed by atoms with Gasteiger partial charge < -0.3 is 5.73 Å². The van der Waals surface area contributed by atoms with E-state index in [2.05, 4.69) is 5.10 Å². The smallest absolute Gasteiger partial charge is 0.143 e. The summed E-state index contributed by atoms with van der Waals surface area (Å²) in [6.07, 6.45) is 0.717. The Morgan fingerprint density at radius 2 is 2.37 bits per heavy atom. The van der Waals surface area contributed by atoms with Gasteiger partial charge in [-0.2, -0.15) is 10.4 Å². The van der Waals surface area contributed by atoms with Gasteiger partial charge in [0.1, 0.15) is 17.4 Å². The molecule has 1 aromatic carbocycles. The zero-order chi connectivity index (χ0) is 14.0. The van der Waals surface area contributed by atoms with Crippen molar-refractivity contribution in [1.29, 1.82) is 5.26 Å². The fourth-order valence-electron chi connectivity index (χ4n) is 2.02. The average Bonchev–Trinajstić information content (AvgIpc) is 2.76. The van der Waals surface area contributed by atoms with Gasteiger partial charge in [-0.3, -0.25) is 5.01 Å². The molecule has 0 saturated heterocycles. The van der Waals surface area contributed by atoms with Gasteiger partial charge in [0.2, 0.25) is 0 Å². The number of nitriles is 1. The lowest BCUT2D eigenvalue weighted by Crippen LogP contribution is -2.30. The molecule has 100 valence electrons. The number of rotatable bonds is 3. The average molecular weight is 281 g/mol. The van der Waals surface area contributed by atoms with Crippen molar-refractivity contribution in [3.63, 3.8) is 0 Å². The maximum atomic E-state index is 13.7. The van der Waals surface area contributed by atoms with Crippen LogP contribution in [0.25, 0.3) is 0 Å². The van der Waals surface area contributed by atoms with Crippen LogP contribution >= 0.6 is 11.6 Å². The van der Waals surface area contributed by atoms with Crippen LogP contribution in [-0.2, 0) is 0 Å². The van der Waals surface area contributed by atoms with Gasteiger partial charge in [0.05, 0.1) is 17.3 Å². The molecule has 19 heavy (non-hydrogen) atoms. The van der Waals surface area contributed by atoms with Crippen molar-refractivity contribution < 1.29 is 4.39 Å². The van der Waals surface area contributed by atoms with Crippen molar-refractivity contribution in [1.82, 2.24) is 5.01 Å². The summed E-state index contributed by atoms with van der Waals surface area (Å²) in [5, 5.41) is 15.1. The van der Waals surface area contributed by atoms with Gasteiger partial charge >= 0.3 is 0 Å². The lowest BCUT2D eigenvalue weighted by Gasteiger charge is -2.15. The molecule has 0 bridgehead atoms. The fraction of sp³-hybridized carbons (Fsp3) is 0.385. The van der Waals surface area contributed by atoms with E-state index in [0.717, 1.165) is 12.3 Å². The highest BCUT2D eigenvalue weighted by atomic mass is 35.5. The molecule has 4 nitrogen and oxygen atoms in total. The van der Waals surface area contributed by atoms with Gasteiger partial charge in [-0.1, -0.05) is 11.6 Å². The zero-order valence-electron chi connectivity index (χ0n) is 10.5. The number of hydrazone groups is 1. The highest BCUT2D eigenvalue weighted by Gasteiger charge is 2.19. The highest BCUT2D eigenvalue weighted by molar-refractivity contribution is 6.32. The molecule has 0 fully saturated rings. The first-order valence-corrected chi connectivity index (χ1v) is 6.36. The maximum Gasteiger partial charge on any atom is 0.143 e. The molecule has 2 rings (SSSR count). The van der Waals surface area contributed by atoms with E-state index in [1.165, 1.54) is 6.07 Å². The van der Waals surface area contributed by atoms with Gasteiger partial charge in [0, 0.05) is 24.6 Å². The van der Waals surface area contributed by atoms with E-state index in [0.29, 0.717) is 18.5 Å². The van der Waals surface area contributed by atoms with Crippen LogP contribution < -0.4 is 5.73 Å². The first-order valence-electron chi connectivity index (χ1n) is 5.98. The van der Waals surface area contributed by atoms with Crippen LogP contribution in [0.3, 0.4) is 0 Å². The molecule has 0 saturated carbocycles. The van der Waals surface area contributed by atoms with Gasteiger partial charge in [-0.15, -0.1) is 0 Å². The minimum absolute atomic E-state index is 0.0318. The number of hydrogen-bond donors (Lipinski definition) is 1. The SMILES string of the molecule is CC(N)CN1CCC(c2cc(F)c(C#N)c(Cl)c2)=N1. The van der Waals surface area contributed by atoms with Crippen molar-refractivity contribution in [2.45, 2.75) is 19.4 Å². The summed E-state index contributed by atoms with van der Waals surface area (Å²) in [6, 6.07) is 4.66. The molecule has 0 spiro atoms. The topological polar surface area (TPSA) is 65.4 Å². The molecule has 2 N–H and O–H groups in total. The molecule has 1 aromatic rings. The van der Waals surface area contributed by atoms with Crippen LogP contribution in [0.15, 0.2) is 17.2 Å². The van der Waals surface area contributed by atoms with E-state index in [4.69, 9.17) is 22.6 Å². The van der Waals surface area contributed by atoms with Gasteiger partial charge in [-0.25, -0.2) is 4.39 Å². The van der Waals surface area contributed by atoms with Crippen molar-refractivity contribution in [3.05, 3.63) is 34.1 Å². The van der Waals surface area contributed by atoms with E-state index in [1.54, 1.807) is 12.1 Å². The molecular formula is C13H14ClFN4. The number of nitrogens with zero attached hydrogens (tertiary/aromatic N) is 3. The largest absolute Gasteiger partial charge is 0.326 e. The summed E-state index contributed by atoms with van der Waals surface area (Å²) in [5.41, 5.74) is 6.97. The molecule has 1 aliphatic rings. The quantitative estimate of drug-likeness (QED) is 0.922. The molecule has 1 aliphatic heterocycles. The number of hydrogen-bond acceptors (Lipinski definition) is 4. The van der Waals surface area contributed by atoms with Gasteiger partial charge in [-0.05, 0) is 19.1 Å². The summed E-state index contributed by atoms with van der Waals surface area (Å²) in [4.78, 5) is 0. The third-order valence-electron chi connectivity index (χ3n) is 2.85. The Labute approximate surface area is 116 Å². The van der Waals surface area contributed by atoms with Crippen LogP contribution in [0.1, 0.15) is 24.5 Å². The second-order valence-electron chi connectivity index (χ2n) is 4.61. The Balaban J connectivity index is 2.27. The minimum Gasteiger partial charge on any atom is -0.326 e. The van der Waals surface area contributed by atoms with E-state index >= 15 is 0 Å². The molecule has 1 heterocycles. The normalized spacial score (nSPS) is 16.2. The van der Waals surface area contributed by atoms with Crippen LogP contribution in [-0.4, -0.2) is 29.9 Å². The molecule has 6 heteroatoms. The van der Waals surface area contributed by atoms with E-state index in [9.17, 15) is 4.39 Å². The van der Waals surface area contributed by atoms with Crippen LogP contribution in [0, 0.1) is 17.1 Å². The summed E-state index contributed by atoms with van der Waals surface area (Å²) >= 11 is 5.88. The Kier molecular flexibility index (Phi) is 4.03. The third-order valence-corrected chi connectivity index (χ3v) is 3.15. The van der Waals surface area contributed by atoms with Gasteiger partial charge in [0.25, 0.3) is 0 Å². The molecule has 1 unspecified atom stereocenters. The molecule has 0 aliphatic carbocycles. The first kappa shape index (κ1) is 13.8. The van der Waals surface area contributed by atoms with Crippen LogP contribution in [0.4, 0.5) is 4.39 Å². The van der Waals surface area contributed by atoms with E-state index in [1.807, 2.05) is 11.9 Å². The van der Waals surface area contributed by atoms with E-state index < -0.39 is 5.82 Å². The molecule has 1 atom stereocenters. The monoisotopic (exact) mass is 280 g/mol. The Bertz CT molecular complexity index is 539. The second-order valence-corrected chi connectivity index (χ2v) is 5.02. The minimum atomic E-state index is -0.613. The number of halogens is 2. The Morgan fingerprint density at radius 3 is 2.95 bits per heavy atom. The lowest BCUT2D eigenvalue weighted by molar-refractivity contribution is 0.302. The third kappa shape index (κ3) is 3.03. The van der Waals surface area contributed by atoms with Crippen LogP contribution in [0.5, 0.6) is 0 Å².